The Hall–Kier alpha value is -2.54. The number of anilines is 1. The molecule has 1 saturated carbocycles. The van der Waals surface area contributed by atoms with Crippen molar-refractivity contribution in [2.45, 2.75) is 50.5 Å². The van der Waals surface area contributed by atoms with E-state index >= 15 is 0 Å². The Bertz CT molecular complexity index is 948. The molecule has 0 heterocycles. The van der Waals surface area contributed by atoms with Crippen molar-refractivity contribution in [3.8, 4) is 5.75 Å². The summed E-state index contributed by atoms with van der Waals surface area (Å²) in [6.45, 7) is 4.10. The van der Waals surface area contributed by atoms with E-state index in [0.29, 0.717) is 11.4 Å². The zero-order valence-electron chi connectivity index (χ0n) is 17.8. The lowest BCUT2D eigenvalue weighted by Crippen LogP contribution is -2.39. The first-order chi connectivity index (χ1) is 14.3. The Balaban J connectivity index is 1.55. The van der Waals surface area contributed by atoms with Crippen LogP contribution in [0, 0.1) is 12.8 Å². The highest BCUT2D eigenvalue weighted by Gasteiger charge is 2.22. The molecule has 1 aliphatic carbocycles. The lowest BCUT2D eigenvalue weighted by atomic mass is 9.87. The SMILES string of the molecule is Cc1ccc(S(=O)(=O)N(C)c2ccc(OCC(=O)NC3CCC(C)CC3)cc2)cc1. The van der Waals surface area contributed by atoms with Crippen molar-refractivity contribution in [2.75, 3.05) is 18.0 Å². The minimum Gasteiger partial charge on any atom is -0.484 e. The third-order valence-corrected chi connectivity index (χ3v) is 7.43. The number of ether oxygens (including phenoxy) is 1. The van der Waals surface area contributed by atoms with E-state index in [2.05, 4.69) is 12.2 Å². The minimum atomic E-state index is -3.64. The third kappa shape index (κ3) is 5.53. The lowest BCUT2D eigenvalue weighted by molar-refractivity contribution is -0.124. The van der Waals surface area contributed by atoms with E-state index in [0.717, 1.165) is 37.2 Å². The number of nitrogens with one attached hydrogen (secondary N) is 1. The number of amides is 1. The van der Waals surface area contributed by atoms with Gasteiger partial charge in [0, 0.05) is 13.1 Å². The molecule has 1 fully saturated rings. The molecule has 0 aliphatic heterocycles. The summed E-state index contributed by atoms with van der Waals surface area (Å²) in [6, 6.07) is 13.7. The number of hydrogen-bond donors (Lipinski definition) is 1. The van der Waals surface area contributed by atoms with Crippen molar-refractivity contribution < 1.29 is 17.9 Å². The molecule has 30 heavy (non-hydrogen) atoms. The van der Waals surface area contributed by atoms with Gasteiger partial charge >= 0.3 is 0 Å². The Labute approximate surface area is 179 Å². The van der Waals surface area contributed by atoms with E-state index in [1.54, 1.807) is 48.5 Å². The molecular formula is C23H30N2O4S. The van der Waals surface area contributed by atoms with E-state index in [9.17, 15) is 13.2 Å². The van der Waals surface area contributed by atoms with Crippen LogP contribution < -0.4 is 14.4 Å². The topological polar surface area (TPSA) is 75.7 Å². The first kappa shape index (κ1) is 22.2. The standard InChI is InChI=1S/C23H30N2O4S/c1-17-4-8-19(9-5-17)24-23(26)16-29-21-12-10-20(11-13-21)25(3)30(27,28)22-14-6-18(2)7-15-22/h6-7,10-15,17,19H,4-5,8-9,16H2,1-3H3,(H,24,26). The second kappa shape index (κ2) is 9.51. The molecular weight excluding hydrogens is 400 g/mol. The Kier molecular flexibility index (Phi) is 7.02. The molecule has 0 atom stereocenters. The second-order valence-corrected chi connectivity index (χ2v) is 10.1. The normalized spacial score (nSPS) is 19.2. The number of aryl methyl sites for hydroxylation is 1. The molecule has 1 N–H and O–H groups in total. The number of hydrogen-bond acceptors (Lipinski definition) is 4. The summed E-state index contributed by atoms with van der Waals surface area (Å²) in [4.78, 5) is 12.4. The minimum absolute atomic E-state index is 0.0527. The molecule has 2 aromatic rings. The highest BCUT2D eigenvalue weighted by Crippen LogP contribution is 2.25. The van der Waals surface area contributed by atoms with Crippen molar-refractivity contribution in [2.24, 2.45) is 5.92 Å². The van der Waals surface area contributed by atoms with E-state index in [1.807, 2.05) is 6.92 Å². The summed E-state index contributed by atoms with van der Waals surface area (Å²) < 4.78 is 32.4. The third-order valence-electron chi connectivity index (χ3n) is 5.63. The quantitative estimate of drug-likeness (QED) is 0.723. The van der Waals surface area contributed by atoms with Crippen LogP contribution >= 0.6 is 0 Å². The number of benzene rings is 2. The van der Waals surface area contributed by atoms with Crippen molar-refractivity contribution in [1.29, 1.82) is 0 Å². The van der Waals surface area contributed by atoms with Crippen LogP contribution in [0.2, 0.25) is 0 Å². The van der Waals surface area contributed by atoms with Crippen LogP contribution in [0.15, 0.2) is 53.4 Å². The number of carbonyl (C=O) groups is 1. The number of nitrogens with zero attached hydrogens (tertiary/aromatic N) is 1. The second-order valence-electron chi connectivity index (χ2n) is 8.09. The van der Waals surface area contributed by atoms with Gasteiger partial charge in [0.05, 0.1) is 10.6 Å². The fourth-order valence-electron chi connectivity index (χ4n) is 3.58. The molecule has 1 aliphatic rings. The molecule has 0 spiro atoms. The Morgan fingerprint density at radius 3 is 2.23 bits per heavy atom. The predicted molar refractivity (Wildman–Crippen MR) is 118 cm³/mol. The van der Waals surface area contributed by atoms with Gasteiger partial charge in [-0.3, -0.25) is 9.10 Å². The Morgan fingerprint density at radius 2 is 1.63 bits per heavy atom. The zero-order chi connectivity index (χ0) is 21.7. The van der Waals surface area contributed by atoms with Gasteiger partial charge in [0.1, 0.15) is 5.75 Å². The zero-order valence-corrected chi connectivity index (χ0v) is 18.6. The van der Waals surface area contributed by atoms with Gasteiger partial charge in [0.25, 0.3) is 15.9 Å². The van der Waals surface area contributed by atoms with E-state index < -0.39 is 10.0 Å². The van der Waals surface area contributed by atoms with Crippen molar-refractivity contribution >= 4 is 21.6 Å². The molecule has 3 rings (SSSR count). The molecule has 6 nitrogen and oxygen atoms in total. The first-order valence-corrected chi connectivity index (χ1v) is 11.8. The maximum atomic E-state index is 12.8. The van der Waals surface area contributed by atoms with Gasteiger partial charge in [0.15, 0.2) is 6.61 Å². The monoisotopic (exact) mass is 430 g/mol. The molecule has 1 amide bonds. The fraction of sp³-hybridized carbons (Fsp3) is 0.435. The summed E-state index contributed by atoms with van der Waals surface area (Å²) in [6.07, 6.45) is 4.32. The highest BCUT2D eigenvalue weighted by molar-refractivity contribution is 7.92. The van der Waals surface area contributed by atoms with Gasteiger partial charge in [0.2, 0.25) is 0 Å². The van der Waals surface area contributed by atoms with Crippen LogP contribution in [0.4, 0.5) is 5.69 Å². The molecule has 162 valence electrons. The summed E-state index contributed by atoms with van der Waals surface area (Å²) in [5, 5.41) is 3.03. The van der Waals surface area contributed by atoms with Crippen LogP contribution in [0.1, 0.15) is 38.2 Å². The van der Waals surface area contributed by atoms with Crippen LogP contribution in [-0.4, -0.2) is 34.0 Å². The number of carbonyl (C=O) groups excluding carboxylic acids is 1. The molecule has 0 unspecified atom stereocenters. The van der Waals surface area contributed by atoms with Gasteiger partial charge in [-0.2, -0.15) is 0 Å². The van der Waals surface area contributed by atoms with Gasteiger partial charge in [-0.15, -0.1) is 0 Å². The van der Waals surface area contributed by atoms with Crippen LogP contribution in [0.25, 0.3) is 0 Å². The van der Waals surface area contributed by atoms with Gasteiger partial charge in [-0.25, -0.2) is 8.42 Å². The lowest BCUT2D eigenvalue weighted by Gasteiger charge is -2.26. The molecule has 0 radical (unpaired) electrons. The van der Waals surface area contributed by atoms with Crippen molar-refractivity contribution in [1.82, 2.24) is 5.32 Å². The molecule has 7 heteroatoms. The fourth-order valence-corrected chi connectivity index (χ4v) is 4.78. The molecule has 0 bridgehead atoms. The largest absolute Gasteiger partial charge is 0.484 e. The van der Waals surface area contributed by atoms with Gasteiger partial charge in [-0.1, -0.05) is 24.6 Å². The van der Waals surface area contributed by atoms with Crippen molar-refractivity contribution in [3.05, 3.63) is 54.1 Å². The summed E-state index contributed by atoms with van der Waals surface area (Å²) in [7, 11) is -2.12. The van der Waals surface area contributed by atoms with E-state index in [1.165, 1.54) is 11.4 Å². The smallest absolute Gasteiger partial charge is 0.264 e. The average Bonchev–Trinajstić information content (AvgIpc) is 2.74. The summed E-state index contributed by atoms with van der Waals surface area (Å²) in [5.41, 5.74) is 1.52. The van der Waals surface area contributed by atoms with Crippen LogP contribution in [-0.2, 0) is 14.8 Å². The maximum absolute atomic E-state index is 12.8. The maximum Gasteiger partial charge on any atom is 0.264 e. The van der Waals surface area contributed by atoms with Crippen LogP contribution in [0.3, 0.4) is 0 Å². The number of rotatable bonds is 7. The molecule has 0 aromatic heterocycles. The predicted octanol–water partition coefficient (Wildman–Crippen LogP) is 3.89. The van der Waals surface area contributed by atoms with E-state index in [4.69, 9.17) is 4.74 Å². The summed E-state index contributed by atoms with van der Waals surface area (Å²) >= 11 is 0. The summed E-state index contributed by atoms with van der Waals surface area (Å²) in [5.74, 6) is 1.13. The van der Waals surface area contributed by atoms with Crippen LogP contribution in [0.5, 0.6) is 5.75 Å². The molecule has 0 saturated heterocycles. The van der Waals surface area contributed by atoms with Crippen molar-refractivity contribution in [3.63, 3.8) is 0 Å². The van der Waals surface area contributed by atoms with Gasteiger partial charge < -0.3 is 10.1 Å². The Morgan fingerprint density at radius 1 is 1.03 bits per heavy atom. The highest BCUT2D eigenvalue weighted by atomic mass is 32.2. The number of sulfonamides is 1. The first-order valence-electron chi connectivity index (χ1n) is 10.3. The average molecular weight is 431 g/mol. The molecule has 2 aromatic carbocycles. The van der Waals surface area contributed by atoms with E-state index in [-0.39, 0.29) is 23.5 Å². The van der Waals surface area contributed by atoms with Gasteiger partial charge in [-0.05, 0) is 74.9 Å².